The first-order valence-corrected chi connectivity index (χ1v) is 5.55. The Balaban J connectivity index is 2.34. The molecule has 2 aromatic rings. The lowest BCUT2D eigenvalue weighted by atomic mass is 10.1. The smallest absolute Gasteiger partial charge is 0.416 e. The van der Waals surface area contributed by atoms with Crippen LogP contribution in [0.15, 0.2) is 28.7 Å². The minimum atomic E-state index is -4.32. The number of hydrogen-bond donors (Lipinski definition) is 0. The zero-order chi connectivity index (χ0) is 13.3. The second-order valence-corrected chi connectivity index (χ2v) is 3.95. The van der Waals surface area contributed by atoms with Gasteiger partial charge in [0.25, 0.3) is 0 Å². The fourth-order valence-corrected chi connectivity index (χ4v) is 1.68. The average Bonchev–Trinajstić information content (AvgIpc) is 2.69. The highest BCUT2D eigenvalue weighted by Gasteiger charge is 2.30. The Kier molecular flexibility index (Phi) is 3.15. The third kappa shape index (κ3) is 2.39. The molecule has 0 aliphatic rings. The highest BCUT2D eigenvalue weighted by atomic mass is 19.4. The molecule has 2 nitrogen and oxygen atoms in total. The van der Waals surface area contributed by atoms with E-state index in [-0.39, 0.29) is 0 Å². The van der Waals surface area contributed by atoms with Crippen LogP contribution in [0.3, 0.4) is 0 Å². The second-order valence-electron chi connectivity index (χ2n) is 3.95. The van der Waals surface area contributed by atoms with E-state index in [4.69, 9.17) is 4.42 Å². The van der Waals surface area contributed by atoms with E-state index in [0.717, 1.165) is 24.2 Å². The number of aromatic nitrogens is 1. The van der Waals surface area contributed by atoms with E-state index in [9.17, 15) is 13.2 Å². The Morgan fingerprint density at radius 3 is 2.22 bits per heavy atom. The van der Waals surface area contributed by atoms with E-state index < -0.39 is 11.7 Å². The molecule has 1 heterocycles. The topological polar surface area (TPSA) is 26.0 Å². The van der Waals surface area contributed by atoms with Crippen molar-refractivity contribution in [3.63, 3.8) is 0 Å². The predicted octanol–water partition coefficient (Wildman–Crippen LogP) is 4.23. The molecule has 5 heteroatoms. The first kappa shape index (κ1) is 12.7. The van der Waals surface area contributed by atoms with Crippen molar-refractivity contribution in [3.8, 4) is 11.5 Å². The molecule has 0 spiro atoms. The van der Waals surface area contributed by atoms with Crippen molar-refractivity contribution in [2.24, 2.45) is 0 Å². The van der Waals surface area contributed by atoms with Crippen molar-refractivity contribution < 1.29 is 17.6 Å². The minimum absolute atomic E-state index is 0.359. The normalized spacial score (nSPS) is 11.8. The summed E-state index contributed by atoms with van der Waals surface area (Å²) in [5.74, 6) is 1.06. The number of rotatable bonds is 2. The highest BCUT2D eigenvalue weighted by molar-refractivity contribution is 5.54. The summed E-state index contributed by atoms with van der Waals surface area (Å²) < 4.78 is 42.6. The van der Waals surface area contributed by atoms with E-state index in [1.807, 2.05) is 6.92 Å². The van der Waals surface area contributed by atoms with Crippen molar-refractivity contribution in [1.82, 2.24) is 4.98 Å². The molecule has 1 aromatic carbocycles. The molecule has 0 radical (unpaired) electrons. The first-order valence-electron chi connectivity index (χ1n) is 5.55. The summed E-state index contributed by atoms with van der Waals surface area (Å²) in [7, 11) is 0. The summed E-state index contributed by atoms with van der Waals surface area (Å²) in [5.41, 5.74) is 0.695. The van der Waals surface area contributed by atoms with Gasteiger partial charge in [0.05, 0.1) is 11.3 Å². The summed E-state index contributed by atoms with van der Waals surface area (Å²) in [6.07, 6.45) is -3.59. The second kappa shape index (κ2) is 4.48. The Morgan fingerprint density at radius 1 is 1.17 bits per heavy atom. The van der Waals surface area contributed by atoms with E-state index in [0.29, 0.717) is 17.2 Å². The van der Waals surface area contributed by atoms with Gasteiger partial charge < -0.3 is 4.42 Å². The fraction of sp³-hybridized carbons (Fsp3) is 0.308. The number of alkyl halides is 3. The average molecular weight is 255 g/mol. The zero-order valence-corrected chi connectivity index (χ0v) is 10.0. The van der Waals surface area contributed by atoms with Crippen molar-refractivity contribution >= 4 is 0 Å². The van der Waals surface area contributed by atoms with Crippen molar-refractivity contribution in [3.05, 3.63) is 41.3 Å². The van der Waals surface area contributed by atoms with Gasteiger partial charge >= 0.3 is 6.18 Å². The third-order valence-electron chi connectivity index (χ3n) is 2.69. The Morgan fingerprint density at radius 2 is 1.78 bits per heavy atom. The maximum Gasteiger partial charge on any atom is 0.416 e. The molecular formula is C13H12F3NO. The molecule has 0 saturated heterocycles. The molecule has 0 bridgehead atoms. The molecule has 0 saturated carbocycles. The van der Waals surface area contributed by atoms with E-state index in [2.05, 4.69) is 4.98 Å². The van der Waals surface area contributed by atoms with Crippen LogP contribution in [0.2, 0.25) is 0 Å². The van der Waals surface area contributed by atoms with Gasteiger partial charge in [-0.3, -0.25) is 0 Å². The molecule has 0 aliphatic heterocycles. The standard InChI is InChI=1S/C13H12F3NO/c1-3-11-8(2)18-12(17-11)9-4-6-10(7-5-9)13(14,15)16/h4-7H,3H2,1-2H3. The van der Waals surface area contributed by atoms with Gasteiger partial charge in [0.2, 0.25) is 5.89 Å². The molecule has 1 aromatic heterocycles. The minimum Gasteiger partial charge on any atom is -0.441 e. The summed E-state index contributed by atoms with van der Waals surface area (Å²) in [4.78, 5) is 4.24. The van der Waals surface area contributed by atoms with Crippen LogP contribution < -0.4 is 0 Å². The van der Waals surface area contributed by atoms with Gasteiger partial charge in [0.15, 0.2) is 0 Å². The van der Waals surface area contributed by atoms with Crippen molar-refractivity contribution in [1.29, 1.82) is 0 Å². The van der Waals surface area contributed by atoms with E-state index >= 15 is 0 Å². The third-order valence-corrected chi connectivity index (χ3v) is 2.69. The summed E-state index contributed by atoms with van der Waals surface area (Å²) in [5, 5.41) is 0. The van der Waals surface area contributed by atoms with E-state index in [1.54, 1.807) is 6.92 Å². The van der Waals surface area contributed by atoms with Gasteiger partial charge in [0.1, 0.15) is 5.76 Å². The molecule has 0 amide bonds. The van der Waals surface area contributed by atoms with E-state index in [1.165, 1.54) is 12.1 Å². The van der Waals surface area contributed by atoms with Gasteiger partial charge in [-0.2, -0.15) is 13.2 Å². The lowest BCUT2D eigenvalue weighted by Gasteiger charge is -2.06. The van der Waals surface area contributed by atoms with Crippen LogP contribution in [0.25, 0.3) is 11.5 Å². The predicted molar refractivity (Wildman–Crippen MR) is 61.1 cm³/mol. The molecule has 0 fully saturated rings. The molecule has 0 N–H and O–H groups in total. The molecule has 96 valence electrons. The molecular weight excluding hydrogens is 243 g/mol. The number of benzene rings is 1. The molecule has 18 heavy (non-hydrogen) atoms. The molecule has 0 aliphatic carbocycles. The van der Waals surface area contributed by atoms with Gasteiger partial charge in [-0.15, -0.1) is 0 Å². The molecule has 0 atom stereocenters. The molecule has 0 unspecified atom stereocenters. The van der Waals surface area contributed by atoms with Crippen LogP contribution in [0, 0.1) is 6.92 Å². The number of aryl methyl sites for hydroxylation is 2. The van der Waals surface area contributed by atoms with Crippen LogP contribution >= 0.6 is 0 Å². The van der Waals surface area contributed by atoms with Crippen molar-refractivity contribution in [2.75, 3.05) is 0 Å². The summed E-state index contributed by atoms with van der Waals surface area (Å²) in [6.45, 7) is 3.74. The van der Waals surface area contributed by atoms with Gasteiger partial charge in [0, 0.05) is 5.56 Å². The lowest BCUT2D eigenvalue weighted by Crippen LogP contribution is -2.03. The Labute approximate surface area is 102 Å². The quantitative estimate of drug-likeness (QED) is 0.802. The molecule has 2 rings (SSSR count). The zero-order valence-electron chi connectivity index (χ0n) is 10.0. The number of hydrogen-bond acceptors (Lipinski definition) is 2. The number of nitrogens with zero attached hydrogens (tertiary/aromatic N) is 1. The monoisotopic (exact) mass is 255 g/mol. The Hall–Kier alpha value is -1.78. The highest BCUT2D eigenvalue weighted by Crippen LogP contribution is 2.31. The van der Waals surface area contributed by atoms with Crippen LogP contribution in [-0.4, -0.2) is 4.98 Å². The maximum atomic E-state index is 12.4. The number of halogens is 3. The maximum absolute atomic E-state index is 12.4. The van der Waals surface area contributed by atoms with Crippen LogP contribution in [0.5, 0.6) is 0 Å². The first-order chi connectivity index (χ1) is 8.41. The largest absolute Gasteiger partial charge is 0.441 e. The summed E-state index contributed by atoms with van der Waals surface area (Å²) >= 11 is 0. The van der Waals surface area contributed by atoms with Crippen LogP contribution in [0.4, 0.5) is 13.2 Å². The van der Waals surface area contributed by atoms with Gasteiger partial charge in [-0.1, -0.05) is 6.92 Å². The summed E-state index contributed by atoms with van der Waals surface area (Å²) in [6, 6.07) is 4.79. The number of oxazole rings is 1. The SMILES string of the molecule is CCc1nc(-c2ccc(C(F)(F)F)cc2)oc1C. The van der Waals surface area contributed by atoms with Crippen LogP contribution in [-0.2, 0) is 12.6 Å². The van der Waals surface area contributed by atoms with Gasteiger partial charge in [-0.25, -0.2) is 4.98 Å². The van der Waals surface area contributed by atoms with Gasteiger partial charge in [-0.05, 0) is 37.6 Å². The van der Waals surface area contributed by atoms with Crippen LogP contribution in [0.1, 0.15) is 23.9 Å². The Bertz CT molecular complexity index is 540. The lowest BCUT2D eigenvalue weighted by molar-refractivity contribution is -0.137. The van der Waals surface area contributed by atoms with Crippen molar-refractivity contribution in [2.45, 2.75) is 26.4 Å². The fourth-order valence-electron chi connectivity index (χ4n) is 1.68.